The number of rotatable bonds is 2. The number of hydrogen-bond acceptors (Lipinski definition) is 6. The van der Waals surface area contributed by atoms with Crippen LogP contribution >= 0.6 is 0 Å². The largest absolute Gasteiger partial charge is 0.445 e. The summed E-state index contributed by atoms with van der Waals surface area (Å²) in [6.45, 7) is 3.94. The van der Waals surface area contributed by atoms with Crippen molar-refractivity contribution in [1.29, 1.82) is 0 Å². The highest BCUT2D eigenvalue weighted by atomic mass is 16.8. The number of ether oxygens (including phenoxy) is 4. The van der Waals surface area contributed by atoms with Crippen molar-refractivity contribution in [2.24, 2.45) is 0 Å². The molecule has 3 aliphatic rings. The molecular weight excluding hydrogens is 314 g/mol. The highest BCUT2D eigenvalue weighted by Gasteiger charge is 2.62. The van der Waals surface area contributed by atoms with Crippen LogP contribution in [0.25, 0.3) is 0 Å². The van der Waals surface area contributed by atoms with E-state index in [1.165, 1.54) is 4.90 Å². The second kappa shape index (κ2) is 5.70. The van der Waals surface area contributed by atoms with Gasteiger partial charge in [0.05, 0.1) is 12.6 Å². The van der Waals surface area contributed by atoms with E-state index in [2.05, 4.69) is 0 Å². The molecular formula is C17H21NO6. The zero-order chi connectivity index (χ0) is 16.9. The summed E-state index contributed by atoms with van der Waals surface area (Å²) in [4.78, 5) is 14.0. The molecule has 1 aromatic carbocycles. The lowest BCUT2D eigenvalue weighted by molar-refractivity contribution is -0.212. The summed E-state index contributed by atoms with van der Waals surface area (Å²) in [6, 6.07) is 9.05. The predicted octanol–water partition coefficient (Wildman–Crippen LogP) is 1.24. The van der Waals surface area contributed by atoms with Gasteiger partial charge in [-0.15, -0.1) is 0 Å². The minimum Gasteiger partial charge on any atom is -0.445 e. The second-order valence-corrected chi connectivity index (χ2v) is 6.82. The third kappa shape index (κ3) is 2.67. The van der Waals surface area contributed by atoms with Crippen molar-refractivity contribution < 1.29 is 28.8 Å². The molecule has 3 fully saturated rings. The summed E-state index contributed by atoms with van der Waals surface area (Å²) in [7, 11) is 0. The van der Waals surface area contributed by atoms with Crippen LogP contribution in [0.1, 0.15) is 19.4 Å². The number of carbonyl (C=O) groups is 1. The van der Waals surface area contributed by atoms with E-state index in [1.54, 1.807) is 13.8 Å². The summed E-state index contributed by atoms with van der Waals surface area (Å²) in [5, 5.41) is 10.2. The molecule has 3 aliphatic heterocycles. The van der Waals surface area contributed by atoms with E-state index in [0.717, 1.165) is 5.56 Å². The fourth-order valence-electron chi connectivity index (χ4n) is 3.61. The first kappa shape index (κ1) is 15.8. The normalized spacial score (nSPS) is 36.5. The maximum atomic E-state index is 12.5. The SMILES string of the molecule is CC1(C)O[C@H]2OC3[C@H](O)CN(C(=O)OCc4ccccc4)[C@@H]3[C@H]2O1. The summed E-state index contributed by atoms with van der Waals surface area (Å²) in [6.07, 6.45) is -2.77. The van der Waals surface area contributed by atoms with Crippen molar-refractivity contribution >= 4 is 6.09 Å². The van der Waals surface area contributed by atoms with Crippen LogP contribution in [0.5, 0.6) is 0 Å². The van der Waals surface area contributed by atoms with E-state index in [-0.39, 0.29) is 13.2 Å². The number of aliphatic hydroxyl groups excluding tert-OH is 1. The predicted molar refractivity (Wildman–Crippen MR) is 81.8 cm³/mol. The fourth-order valence-corrected chi connectivity index (χ4v) is 3.61. The van der Waals surface area contributed by atoms with Crippen LogP contribution in [0.15, 0.2) is 30.3 Å². The number of β-amino-alcohol motifs (C(OH)–C–C–N with tert-alkyl or cyclic N) is 1. The molecule has 3 heterocycles. The van der Waals surface area contributed by atoms with Crippen molar-refractivity contribution in [1.82, 2.24) is 4.90 Å². The third-order valence-corrected chi connectivity index (χ3v) is 4.62. The van der Waals surface area contributed by atoms with Crippen LogP contribution < -0.4 is 0 Å². The van der Waals surface area contributed by atoms with Gasteiger partial charge in [0.1, 0.15) is 24.9 Å². The molecule has 0 spiro atoms. The number of amides is 1. The van der Waals surface area contributed by atoms with Gasteiger partial charge in [0.2, 0.25) is 0 Å². The fraction of sp³-hybridized carbons (Fsp3) is 0.588. The van der Waals surface area contributed by atoms with Crippen molar-refractivity contribution in [3.05, 3.63) is 35.9 Å². The number of hydrogen-bond donors (Lipinski definition) is 1. The molecule has 130 valence electrons. The van der Waals surface area contributed by atoms with E-state index >= 15 is 0 Å². The highest BCUT2D eigenvalue weighted by Crippen LogP contribution is 2.43. The van der Waals surface area contributed by atoms with Crippen LogP contribution in [-0.4, -0.2) is 59.1 Å². The molecule has 1 amide bonds. The van der Waals surface area contributed by atoms with E-state index in [9.17, 15) is 9.90 Å². The first-order valence-corrected chi connectivity index (χ1v) is 8.11. The zero-order valence-electron chi connectivity index (χ0n) is 13.6. The van der Waals surface area contributed by atoms with Gasteiger partial charge in [-0.05, 0) is 19.4 Å². The molecule has 24 heavy (non-hydrogen) atoms. The number of fused-ring (bicyclic) bond motifs is 3. The van der Waals surface area contributed by atoms with Gasteiger partial charge in [0.15, 0.2) is 12.1 Å². The van der Waals surface area contributed by atoms with E-state index < -0.39 is 42.5 Å². The van der Waals surface area contributed by atoms with Gasteiger partial charge in [0, 0.05) is 0 Å². The Morgan fingerprint density at radius 2 is 2.04 bits per heavy atom. The Labute approximate surface area is 140 Å². The lowest BCUT2D eigenvalue weighted by Crippen LogP contribution is -2.46. The average Bonchev–Trinajstić information content (AvgIpc) is 3.14. The Morgan fingerprint density at radius 3 is 2.79 bits per heavy atom. The molecule has 0 aromatic heterocycles. The molecule has 0 saturated carbocycles. The lowest BCUT2D eigenvalue weighted by Gasteiger charge is -2.27. The lowest BCUT2D eigenvalue weighted by atomic mass is 10.1. The topological polar surface area (TPSA) is 77.5 Å². The van der Waals surface area contributed by atoms with Gasteiger partial charge in [0.25, 0.3) is 0 Å². The molecule has 3 saturated heterocycles. The average molecular weight is 335 g/mol. The minimum absolute atomic E-state index is 0.163. The summed E-state index contributed by atoms with van der Waals surface area (Å²) in [5.41, 5.74) is 0.907. The molecule has 5 atom stereocenters. The van der Waals surface area contributed by atoms with Crippen LogP contribution in [-0.2, 0) is 25.6 Å². The monoisotopic (exact) mass is 335 g/mol. The maximum Gasteiger partial charge on any atom is 0.410 e. The van der Waals surface area contributed by atoms with Crippen molar-refractivity contribution in [2.45, 2.75) is 56.9 Å². The summed E-state index contributed by atoms with van der Waals surface area (Å²) in [5.74, 6) is -0.770. The zero-order valence-corrected chi connectivity index (χ0v) is 13.6. The molecule has 0 radical (unpaired) electrons. The standard InChI is InChI=1S/C17H21NO6/c1-17(2)23-14-12-13(22-15(14)24-17)11(19)8-18(12)16(20)21-9-10-6-4-3-5-7-10/h3-7,11-15,19H,8-9H2,1-2H3/t11-,12+,13?,14-,15-/m1/s1. The Morgan fingerprint density at radius 1 is 1.29 bits per heavy atom. The Hall–Kier alpha value is -1.67. The van der Waals surface area contributed by atoms with E-state index in [0.29, 0.717) is 0 Å². The second-order valence-electron chi connectivity index (χ2n) is 6.82. The van der Waals surface area contributed by atoms with Crippen LogP contribution in [0.4, 0.5) is 4.79 Å². The van der Waals surface area contributed by atoms with Gasteiger partial charge in [-0.2, -0.15) is 0 Å². The Balaban J connectivity index is 1.46. The first-order valence-electron chi connectivity index (χ1n) is 8.11. The van der Waals surface area contributed by atoms with Gasteiger partial charge >= 0.3 is 6.09 Å². The first-order chi connectivity index (χ1) is 11.4. The number of aliphatic hydroxyl groups is 1. The van der Waals surface area contributed by atoms with Crippen LogP contribution in [0.2, 0.25) is 0 Å². The Bertz CT molecular complexity index is 621. The third-order valence-electron chi connectivity index (χ3n) is 4.62. The molecule has 1 unspecified atom stereocenters. The molecule has 1 N–H and O–H groups in total. The van der Waals surface area contributed by atoms with Crippen LogP contribution in [0, 0.1) is 0 Å². The van der Waals surface area contributed by atoms with E-state index in [4.69, 9.17) is 18.9 Å². The molecule has 7 nitrogen and oxygen atoms in total. The van der Waals surface area contributed by atoms with Gasteiger partial charge in [-0.25, -0.2) is 4.79 Å². The maximum absolute atomic E-state index is 12.5. The number of carbonyl (C=O) groups excluding carboxylic acids is 1. The highest BCUT2D eigenvalue weighted by molar-refractivity contribution is 5.69. The molecule has 7 heteroatoms. The van der Waals surface area contributed by atoms with Gasteiger partial charge in [-0.3, -0.25) is 4.90 Å². The van der Waals surface area contributed by atoms with Crippen molar-refractivity contribution in [2.75, 3.05) is 6.54 Å². The number of likely N-dealkylation sites (tertiary alicyclic amines) is 1. The molecule has 0 aliphatic carbocycles. The molecule has 4 rings (SSSR count). The minimum atomic E-state index is -0.778. The van der Waals surface area contributed by atoms with Crippen molar-refractivity contribution in [3.63, 3.8) is 0 Å². The molecule has 0 bridgehead atoms. The summed E-state index contributed by atoms with van der Waals surface area (Å²) >= 11 is 0. The van der Waals surface area contributed by atoms with Gasteiger partial charge < -0.3 is 24.1 Å². The Kier molecular flexibility index (Phi) is 3.76. The smallest absolute Gasteiger partial charge is 0.410 e. The van der Waals surface area contributed by atoms with Crippen LogP contribution in [0.3, 0.4) is 0 Å². The van der Waals surface area contributed by atoms with Crippen molar-refractivity contribution in [3.8, 4) is 0 Å². The van der Waals surface area contributed by atoms with E-state index in [1.807, 2.05) is 30.3 Å². The number of nitrogens with zero attached hydrogens (tertiary/aromatic N) is 1. The van der Waals surface area contributed by atoms with Gasteiger partial charge in [-0.1, -0.05) is 30.3 Å². The molecule has 1 aromatic rings. The summed E-state index contributed by atoms with van der Waals surface area (Å²) < 4.78 is 22.7. The quantitative estimate of drug-likeness (QED) is 0.876. The number of benzene rings is 1.